The van der Waals surface area contributed by atoms with Crippen molar-refractivity contribution in [3.63, 3.8) is 0 Å². The highest BCUT2D eigenvalue weighted by atomic mass is 79.9. The topological polar surface area (TPSA) is 73.1 Å². The van der Waals surface area contributed by atoms with Gasteiger partial charge in [0.1, 0.15) is 11.6 Å². The maximum Gasteiger partial charge on any atom is 0.229 e. The summed E-state index contributed by atoms with van der Waals surface area (Å²) in [6, 6.07) is 17.1. The van der Waals surface area contributed by atoms with Gasteiger partial charge in [-0.15, -0.1) is 0 Å². The van der Waals surface area contributed by atoms with Gasteiger partial charge in [0.05, 0.1) is 10.2 Å². The van der Waals surface area contributed by atoms with Crippen LogP contribution in [0.4, 0.5) is 17.5 Å². The molecule has 0 unspecified atom stereocenters. The molecule has 22 heavy (non-hydrogen) atoms. The van der Waals surface area contributed by atoms with E-state index in [1.165, 1.54) is 0 Å². The van der Waals surface area contributed by atoms with Gasteiger partial charge in [0.15, 0.2) is 5.75 Å². The lowest BCUT2D eigenvalue weighted by molar-refractivity contribution is 0.485. The molecule has 3 aromatic rings. The number of aromatic nitrogens is 2. The van der Waals surface area contributed by atoms with Crippen LogP contribution in [-0.2, 0) is 0 Å². The molecule has 0 atom stereocenters. The number of rotatable bonds is 4. The van der Waals surface area contributed by atoms with Crippen molar-refractivity contribution in [3.05, 3.63) is 65.3 Å². The van der Waals surface area contributed by atoms with Crippen molar-refractivity contribution in [2.75, 3.05) is 11.1 Å². The lowest BCUT2D eigenvalue weighted by atomic mass is 10.3. The fraction of sp³-hybridized carbons (Fsp3) is 0. The highest BCUT2D eigenvalue weighted by Crippen LogP contribution is 2.31. The molecule has 2 aromatic carbocycles. The Kier molecular flexibility index (Phi) is 4.20. The number of para-hydroxylation sites is 3. The Hall–Kier alpha value is -2.60. The standard InChI is InChI=1S/C16H13BrN4O/c17-12-10-19-16(21-15(12)18)20-13-8-4-5-9-14(13)22-11-6-2-1-3-7-11/h1-10H,(H3,18,19,20,21). The molecule has 0 saturated heterocycles. The van der Waals surface area contributed by atoms with Gasteiger partial charge in [-0.2, -0.15) is 4.98 Å². The maximum absolute atomic E-state index is 5.88. The Bertz CT molecular complexity index is 780. The summed E-state index contributed by atoms with van der Waals surface area (Å²) < 4.78 is 6.54. The summed E-state index contributed by atoms with van der Waals surface area (Å²) in [6.07, 6.45) is 1.60. The molecule has 0 aliphatic rings. The van der Waals surface area contributed by atoms with Crippen LogP contribution in [0.5, 0.6) is 11.5 Å². The number of hydrogen-bond donors (Lipinski definition) is 2. The summed E-state index contributed by atoms with van der Waals surface area (Å²) in [5.74, 6) is 2.22. The number of nitrogen functional groups attached to an aromatic ring is 1. The van der Waals surface area contributed by atoms with E-state index >= 15 is 0 Å². The Morgan fingerprint density at radius 2 is 1.73 bits per heavy atom. The largest absolute Gasteiger partial charge is 0.455 e. The molecule has 3 rings (SSSR count). The molecule has 0 spiro atoms. The van der Waals surface area contributed by atoms with Crippen LogP contribution in [0.15, 0.2) is 65.3 Å². The van der Waals surface area contributed by atoms with E-state index in [0.717, 1.165) is 11.4 Å². The second-order valence-corrected chi connectivity index (χ2v) is 5.32. The molecule has 5 nitrogen and oxygen atoms in total. The van der Waals surface area contributed by atoms with Crippen LogP contribution in [-0.4, -0.2) is 9.97 Å². The number of ether oxygens (including phenoxy) is 1. The first kappa shape index (κ1) is 14.3. The number of nitrogens with one attached hydrogen (secondary N) is 1. The Balaban J connectivity index is 1.86. The number of benzene rings is 2. The lowest BCUT2D eigenvalue weighted by Gasteiger charge is -2.12. The third-order valence-electron chi connectivity index (χ3n) is 2.88. The zero-order valence-corrected chi connectivity index (χ0v) is 13.1. The van der Waals surface area contributed by atoms with Crippen LogP contribution in [0.2, 0.25) is 0 Å². The Morgan fingerprint density at radius 1 is 1.00 bits per heavy atom. The summed E-state index contributed by atoms with van der Waals surface area (Å²) in [5.41, 5.74) is 6.52. The van der Waals surface area contributed by atoms with Crippen LogP contribution in [0.25, 0.3) is 0 Å². The van der Waals surface area contributed by atoms with E-state index in [1.54, 1.807) is 6.20 Å². The van der Waals surface area contributed by atoms with Gasteiger partial charge in [-0.3, -0.25) is 0 Å². The van der Waals surface area contributed by atoms with Crippen molar-refractivity contribution in [2.45, 2.75) is 0 Å². The molecule has 0 bridgehead atoms. The maximum atomic E-state index is 5.88. The van der Waals surface area contributed by atoms with Crippen LogP contribution >= 0.6 is 15.9 Å². The minimum Gasteiger partial charge on any atom is -0.455 e. The number of nitrogens with two attached hydrogens (primary N) is 1. The molecule has 3 N–H and O–H groups in total. The van der Waals surface area contributed by atoms with Gasteiger partial charge >= 0.3 is 0 Å². The van der Waals surface area contributed by atoms with Crippen molar-refractivity contribution in [3.8, 4) is 11.5 Å². The number of anilines is 3. The lowest BCUT2D eigenvalue weighted by Crippen LogP contribution is -2.01. The van der Waals surface area contributed by atoms with E-state index in [4.69, 9.17) is 10.5 Å². The first-order chi connectivity index (χ1) is 10.7. The second kappa shape index (κ2) is 6.44. The zero-order valence-electron chi connectivity index (χ0n) is 11.5. The predicted molar refractivity (Wildman–Crippen MR) is 90.4 cm³/mol. The first-order valence-electron chi connectivity index (χ1n) is 6.59. The monoisotopic (exact) mass is 356 g/mol. The van der Waals surface area contributed by atoms with Crippen molar-refractivity contribution in [1.29, 1.82) is 0 Å². The molecule has 0 aliphatic carbocycles. The molecule has 110 valence electrons. The molecular formula is C16H13BrN4O. The SMILES string of the molecule is Nc1nc(Nc2ccccc2Oc2ccccc2)ncc1Br. The van der Waals surface area contributed by atoms with Gasteiger partial charge in [0.2, 0.25) is 5.95 Å². The smallest absolute Gasteiger partial charge is 0.229 e. The molecular weight excluding hydrogens is 344 g/mol. The van der Waals surface area contributed by atoms with Crippen LogP contribution < -0.4 is 15.8 Å². The Labute approximate surface area is 136 Å². The quantitative estimate of drug-likeness (QED) is 0.726. The Morgan fingerprint density at radius 3 is 2.50 bits per heavy atom. The van der Waals surface area contributed by atoms with Crippen LogP contribution in [0.3, 0.4) is 0 Å². The first-order valence-corrected chi connectivity index (χ1v) is 7.38. The van der Waals surface area contributed by atoms with E-state index < -0.39 is 0 Å². The molecule has 1 heterocycles. The van der Waals surface area contributed by atoms with Crippen LogP contribution in [0.1, 0.15) is 0 Å². The predicted octanol–water partition coefficient (Wildman–Crippen LogP) is 4.36. The molecule has 0 saturated carbocycles. The average Bonchev–Trinajstić information content (AvgIpc) is 2.54. The molecule has 0 radical (unpaired) electrons. The summed E-state index contributed by atoms with van der Waals surface area (Å²) in [6.45, 7) is 0. The number of halogens is 1. The fourth-order valence-corrected chi connectivity index (χ4v) is 2.03. The average molecular weight is 357 g/mol. The molecule has 0 fully saturated rings. The van der Waals surface area contributed by atoms with Gasteiger partial charge in [-0.05, 0) is 40.2 Å². The highest BCUT2D eigenvalue weighted by molar-refractivity contribution is 9.10. The zero-order chi connectivity index (χ0) is 15.4. The second-order valence-electron chi connectivity index (χ2n) is 4.46. The summed E-state index contributed by atoms with van der Waals surface area (Å²) in [5, 5.41) is 3.11. The third-order valence-corrected chi connectivity index (χ3v) is 3.49. The number of nitrogens with zero attached hydrogens (tertiary/aromatic N) is 2. The fourth-order valence-electron chi connectivity index (χ4n) is 1.84. The summed E-state index contributed by atoms with van der Waals surface area (Å²) >= 11 is 3.27. The van der Waals surface area contributed by atoms with Gasteiger partial charge < -0.3 is 15.8 Å². The third kappa shape index (κ3) is 3.35. The highest BCUT2D eigenvalue weighted by Gasteiger charge is 2.07. The van der Waals surface area contributed by atoms with E-state index in [0.29, 0.717) is 22.0 Å². The number of hydrogen-bond acceptors (Lipinski definition) is 5. The van der Waals surface area contributed by atoms with Gasteiger partial charge in [0.25, 0.3) is 0 Å². The minimum atomic E-state index is 0.374. The minimum absolute atomic E-state index is 0.374. The van der Waals surface area contributed by atoms with Crippen LogP contribution in [0, 0.1) is 0 Å². The van der Waals surface area contributed by atoms with Gasteiger partial charge in [0, 0.05) is 6.20 Å². The van der Waals surface area contributed by atoms with E-state index in [2.05, 4.69) is 31.2 Å². The molecule has 6 heteroatoms. The van der Waals surface area contributed by atoms with Gasteiger partial charge in [-0.1, -0.05) is 30.3 Å². The van der Waals surface area contributed by atoms with E-state index in [1.807, 2.05) is 54.6 Å². The molecule has 1 aromatic heterocycles. The van der Waals surface area contributed by atoms with Crippen molar-refractivity contribution < 1.29 is 4.74 Å². The van der Waals surface area contributed by atoms with E-state index in [9.17, 15) is 0 Å². The van der Waals surface area contributed by atoms with Crippen molar-refractivity contribution in [2.24, 2.45) is 0 Å². The summed E-state index contributed by atoms with van der Waals surface area (Å²) in [4.78, 5) is 8.35. The summed E-state index contributed by atoms with van der Waals surface area (Å²) in [7, 11) is 0. The molecule has 0 aliphatic heterocycles. The molecule has 0 amide bonds. The van der Waals surface area contributed by atoms with Crippen molar-refractivity contribution >= 4 is 33.4 Å². The van der Waals surface area contributed by atoms with Gasteiger partial charge in [-0.25, -0.2) is 4.98 Å². The normalized spacial score (nSPS) is 10.2. The van der Waals surface area contributed by atoms with Crippen molar-refractivity contribution in [1.82, 2.24) is 9.97 Å². The van der Waals surface area contributed by atoms with E-state index in [-0.39, 0.29) is 0 Å².